The van der Waals surface area contributed by atoms with Crippen molar-refractivity contribution >= 4 is 58.0 Å². The third kappa shape index (κ3) is 8.30. The first-order valence-corrected chi connectivity index (χ1v) is 14.7. The van der Waals surface area contributed by atoms with Crippen molar-refractivity contribution in [2.75, 3.05) is 13.2 Å². The zero-order chi connectivity index (χ0) is 30.8. The van der Waals surface area contributed by atoms with E-state index in [1.54, 1.807) is 50.2 Å². The Hall–Kier alpha value is -4.48. The molecule has 0 fully saturated rings. The Morgan fingerprint density at radius 2 is 1.88 bits per heavy atom. The molecule has 0 saturated carbocycles. The van der Waals surface area contributed by atoms with Crippen molar-refractivity contribution in [1.82, 2.24) is 16.1 Å². The van der Waals surface area contributed by atoms with E-state index in [1.165, 1.54) is 6.21 Å². The third-order valence-corrected chi connectivity index (χ3v) is 7.30. The summed E-state index contributed by atoms with van der Waals surface area (Å²) in [5.74, 6) is 0.124. The highest BCUT2D eigenvalue weighted by Crippen LogP contribution is 2.33. The number of amides is 1. The molecule has 3 N–H and O–H groups in total. The zero-order valence-corrected chi connectivity index (χ0v) is 26.3. The second-order valence-electron chi connectivity index (χ2n) is 9.16. The van der Waals surface area contributed by atoms with Crippen LogP contribution in [0.5, 0.6) is 11.5 Å². The van der Waals surface area contributed by atoms with Gasteiger partial charge < -0.3 is 24.8 Å². The van der Waals surface area contributed by atoms with Crippen molar-refractivity contribution in [3.63, 3.8) is 0 Å². The summed E-state index contributed by atoms with van der Waals surface area (Å²) in [4.78, 5) is 25.2. The number of carbonyl (C=O) groups is 2. The van der Waals surface area contributed by atoms with Crippen LogP contribution in [0.2, 0.25) is 0 Å². The number of carbonyl (C=O) groups excluding carboxylic acids is 2. The first-order chi connectivity index (χ1) is 20.8. The molecule has 0 spiro atoms. The maximum atomic E-state index is 12.7. The number of benzene rings is 3. The van der Waals surface area contributed by atoms with Crippen molar-refractivity contribution in [1.29, 1.82) is 5.26 Å². The Morgan fingerprint density at radius 3 is 2.65 bits per heavy atom. The number of nitrogens with zero attached hydrogens (tertiary/aromatic N) is 2. The molecule has 4 rings (SSSR count). The Kier molecular flexibility index (Phi) is 11.1. The summed E-state index contributed by atoms with van der Waals surface area (Å²) in [6.07, 6.45) is 1.52. The molecular formula is C31H28IN5O5S. The van der Waals surface area contributed by atoms with Crippen LogP contribution < -0.4 is 25.5 Å². The van der Waals surface area contributed by atoms with Gasteiger partial charge in [0.05, 0.1) is 39.6 Å². The lowest BCUT2D eigenvalue weighted by atomic mass is 9.95. The molecule has 1 amide bonds. The van der Waals surface area contributed by atoms with Crippen LogP contribution >= 0.6 is 34.8 Å². The fourth-order valence-electron chi connectivity index (χ4n) is 4.24. The van der Waals surface area contributed by atoms with E-state index in [2.05, 4.69) is 49.8 Å². The summed E-state index contributed by atoms with van der Waals surface area (Å²) >= 11 is 7.47. The second-order valence-corrected chi connectivity index (χ2v) is 10.7. The minimum atomic E-state index is -0.624. The quantitative estimate of drug-likeness (QED) is 0.0858. The molecule has 220 valence electrons. The standard InChI is InChI=1S/C31H28IN5O5S/c1-3-40-30(39)28-19(2)35-31(43)36-29(28)23-10-6-7-11-25(23)42-18-27(38)37-34-16-20-12-13-26(24(32)14-20)41-17-22-9-5-4-8-21(22)15-33/h4-14,16,29H,3,17-18H2,1-2H3,(H,37,38)(H2,35,36,43)/t29-/m1/s1. The predicted octanol–water partition coefficient (Wildman–Crippen LogP) is 4.63. The largest absolute Gasteiger partial charge is 0.488 e. The number of thiocarbonyl (C=S) groups is 1. The van der Waals surface area contributed by atoms with Crippen molar-refractivity contribution in [2.45, 2.75) is 26.5 Å². The van der Waals surface area contributed by atoms with E-state index in [4.69, 9.17) is 26.4 Å². The van der Waals surface area contributed by atoms with Crippen LogP contribution in [0.25, 0.3) is 0 Å². The van der Waals surface area contributed by atoms with Gasteiger partial charge in [-0.05, 0) is 84.6 Å². The lowest BCUT2D eigenvalue weighted by Crippen LogP contribution is -2.45. The fourth-order valence-corrected chi connectivity index (χ4v) is 5.20. The molecule has 3 aromatic carbocycles. The Bertz CT molecular complexity index is 1630. The molecule has 1 aliphatic rings. The van der Waals surface area contributed by atoms with E-state index in [9.17, 15) is 14.9 Å². The van der Waals surface area contributed by atoms with Gasteiger partial charge in [-0.25, -0.2) is 10.2 Å². The van der Waals surface area contributed by atoms with Gasteiger partial charge in [-0.2, -0.15) is 10.4 Å². The molecular weight excluding hydrogens is 681 g/mol. The Balaban J connectivity index is 1.35. The van der Waals surface area contributed by atoms with Gasteiger partial charge in [0.1, 0.15) is 18.1 Å². The van der Waals surface area contributed by atoms with E-state index in [0.29, 0.717) is 39.0 Å². The first-order valence-electron chi connectivity index (χ1n) is 13.2. The molecule has 1 atom stereocenters. The highest BCUT2D eigenvalue weighted by Gasteiger charge is 2.32. The molecule has 43 heavy (non-hydrogen) atoms. The van der Waals surface area contributed by atoms with Gasteiger partial charge in [0, 0.05) is 16.8 Å². The average Bonchev–Trinajstić information content (AvgIpc) is 2.99. The number of nitrogens with one attached hydrogen (secondary N) is 3. The van der Waals surface area contributed by atoms with Gasteiger partial charge in [0.25, 0.3) is 5.91 Å². The number of nitriles is 1. The molecule has 0 saturated heterocycles. The van der Waals surface area contributed by atoms with E-state index >= 15 is 0 Å². The lowest BCUT2D eigenvalue weighted by Gasteiger charge is -2.30. The van der Waals surface area contributed by atoms with Gasteiger partial charge in [0.2, 0.25) is 0 Å². The average molecular weight is 710 g/mol. The van der Waals surface area contributed by atoms with Gasteiger partial charge in [-0.15, -0.1) is 0 Å². The highest BCUT2D eigenvalue weighted by molar-refractivity contribution is 14.1. The van der Waals surface area contributed by atoms with E-state index in [0.717, 1.165) is 14.7 Å². The van der Waals surface area contributed by atoms with Gasteiger partial charge in [-0.1, -0.05) is 36.4 Å². The number of hydrogen-bond donors (Lipinski definition) is 3. The summed E-state index contributed by atoms with van der Waals surface area (Å²) < 4.78 is 17.8. The summed E-state index contributed by atoms with van der Waals surface area (Å²) in [5.41, 5.74) is 6.17. The number of esters is 1. The van der Waals surface area contributed by atoms with Crippen LogP contribution in [0.4, 0.5) is 0 Å². The van der Waals surface area contributed by atoms with Gasteiger partial charge in [-0.3, -0.25) is 4.79 Å². The fraction of sp³-hybridized carbons (Fsp3) is 0.194. The molecule has 0 aromatic heterocycles. The Labute approximate surface area is 268 Å². The monoisotopic (exact) mass is 709 g/mol. The maximum absolute atomic E-state index is 12.7. The molecule has 1 aliphatic heterocycles. The number of rotatable bonds is 11. The molecule has 0 unspecified atom stereocenters. The van der Waals surface area contributed by atoms with E-state index in [1.807, 2.05) is 30.3 Å². The normalized spacial score (nSPS) is 14.4. The van der Waals surface area contributed by atoms with Crippen molar-refractivity contribution in [2.24, 2.45) is 5.10 Å². The molecule has 12 heteroatoms. The Morgan fingerprint density at radius 1 is 1.12 bits per heavy atom. The number of halogens is 1. The zero-order valence-electron chi connectivity index (χ0n) is 23.3. The second kappa shape index (κ2) is 15.1. The van der Waals surface area contributed by atoms with Gasteiger partial charge in [0.15, 0.2) is 11.7 Å². The summed E-state index contributed by atoms with van der Waals surface area (Å²) in [6.45, 7) is 3.67. The van der Waals surface area contributed by atoms with Crippen LogP contribution in [0.3, 0.4) is 0 Å². The SMILES string of the molecule is CCOC(=O)C1=C(C)NC(=S)N[C@@H]1c1ccccc1OCC(=O)NN=Cc1ccc(OCc2ccccc2C#N)c(I)c1. The molecule has 0 aliphatic carbocycles. The van der Waals surface area contributed by atoms with Crippen LogP contribution in [0, 0.1) is 14.9 Å². The topological polar surface area (TPSA) is 134 Å². The van der Waals surface area contributed by atoms with E-state index < -0.39 is 17.9 Å². The summed E-state index contributed by atoms with van der Waals surface area (Å²) in [5, 5.41) is 19.7. The summed E-state index contributed by atoms with van der Waals surface area (Å²) in [6, 6.07) is 21.4. The van der Waals surface area contributed by atoms with E-state index in [-0.39, 0.29) is 19.8 Å². The van der Waals surface area contributed by atoms with Crippen LogP contribution in [-0.2, 0) is 20.9 Å². The first kappa shape index (κ1) is 31.5. The predicted molar refractivity (Wildman–Crippen MR) is 173 cm³/mol. The highest BCUT2D eigenvalue weighted by atomic mass is 127. The smallest absolute Gasteiger partial charge is 0.338 e. The van der Waals surface area contributed by atoms with Crippen LogP contribution in [0.15, 0.2) is 83.1 Å². The van der Waals surface area contributed by atoms with Crippen LogP contribution in [-0.4, -0.2) is 36.4 Å². The molecule has 3 aromatic rings. The lowest BCUT2D eigenvalue weighted by molar-refractivity contribution is -0.139. The number of para-hydroxylation sites is 1. The van der Waals surface area contributed by atoms with Crippen molar-refractivity contribution in [3.8, 4) is 17.6 Å². The summed E-state index contributed by atoms with van der Waals surface area (Å²) in [7, 11) is 0. The molecule has 10 nitrogen and oxygen atoms in total. The molecule has 1 heterocycles. The number of allylic oxidation sites excluding steroid dienone is 1. The van der Waals surface area contributed by atoms with Crippen molar-refractivity contribution < 1.29 is 23.8 Å². The third-order valence-electron chi connectivity index (χ3n) is 6.23. The molecule has 0 radical (unpaired) electrons. The van der Waals surface area contributed by atoms with Crippen molar-refractivity contribution in [3.05, 3.63) is 104 Å². The number of ether oxygens (including phenoxy) is 3. The number of hydrazone groups is 1. The maximum Gasteiger partial charge on any atom is 0.338 e. The minimum absolute atomic E-state index is 0.223. The number of hydrogen-bond acceptors (Lipinski definition) is 8. The van der Waals surface area contributed by atoms with Crippen LogP contribution in [0.1, 0.15) is 42.1 Å². The van der Waals surface area contributed by atoms with Gasteiger partial charge >= 0.3 is 5.97 Å². The minimum Gasteiger partial charge on any atom is -0.488 e. The molecule has 0 bridgehead atoms.